The van der Waals surface area contributed by atoms with Crippen LogP contribution in [0.25, 0.3) is 0 Å². The first-order valence-corrected chi connectivity index (χ1v) is 6.03. The van der Waals surface area contributed by atoms with Crippen LogP contribution < -0.4 is 4.74 Å². The highest BCUT2D eigenvalue weighted by molar-refractivity contribution is 7.10. The van der Waals surface area contributed by atoms with Gasteiger partial charge in [0.05, 0.1) is 7.11 Å². The van der Waals surface area contributed by atoms with Gasteiger partial charge >= 0.3 is 0 Å². The third kappa shape index (κ3) is 2.21. The Morgan fingerprint density at radius 2 is 2.19 bits per heavy atom. The molecule has 0 aliphatic carbocycles. The van der Waals surface area contributed by atoms with E-state index in [2.05, 4.69) is 0 Å². The van der Waals surface area contributed by atoms with Crippen molar-refractivity contribution in [2.45, 2.75) is 6.10 Å². The molecule has 2 rings (SSSR count). The molecule has 0 aliphatic rings. The second-order valence-corrected chi connectivity index (χ2v) is 4.72. The number of hydrogen-bond donors (Lipinski definition) is 1. The first kappa shape index (κ1) is 11.5. The minimum atomic E-state index is -0.660. The standard InChI is InChI=1S/C12H11ClO2S/c1-15-10-7-8(13)4-5-9(10)12(14)11-3-2-6-16-11/h2-7,12,14H,1H3. The average Bonchev–Trinajstić information content (AvgIpc) is 2.81. The highest BCUT2D eigenvalue weighted by Gasteiger charge is 2.16. The summed E-state index contributed by atoms with van der Waals surface area (Å²) in [5.41, 5.74) is 0.731. The van der Waals surface area contributed by atoms with Crippen molar-refractivity contribution in [1.82, 2.24) is 0 Å². The summed E-state index contributed by atoms with van der Waals surface area (Å²) < 4.78 is 5.21. The predicted octanol–water partition coefficient (Wildman–Crippen LogP) is 3.49. The molecule has 84 valence electrons. The van der Waals surface area contributed by atoms with Gasteiger partial charge in [0.2, 0.25) is 0 Å². The van der Waals surface area contributed by atoms with Gasteiger partial charge in [-0.3, -0.25) is 0 Å². The molecule has 1 unspecified atom stereocenters. The van der Waals surface area contributed by atoms with Crippen LogP contribution in [-0.2, 0) is 0 Å². The molecule has 4 heteroatoms. The molecule has 0 saturated carbocycles. The maximum absolute atomic E-state index is 10.2. The summed E-state index contributed by atoms with van der Waals surface area (Å²) in [7, 11) is 1.57. The lowest BCUT2D eigenvalue weighted by atomic mass is 10.1. The average molecular weight is 255 g/mol. The van der Waals surface area contributed by atoms with Gasteiger partial charge in [0.25, 0.3) is 0 Å². The number of rotatable bonds is 3. The van der Waals surface area contributed by atoms with Crippen LogP contribution in [0.5, 0.6) is 5.75 Å². The van der Waals surface area contributed by atoms with E-state index in [4.69, 9.17) is 16.3 Å². The van der Waals surface area contributed by atoms with Gasteiger partial charge in [-0.1, -0.05) is 23.7 Å². The lowest BCUT2D eigenvalue weighted by Gasteiger charge is -2.13. The van der Waals surface area contributed by atoms with Gasteiger partial charge in [-0.15, -0.1) is 11.3 Å². The minimum absolute atomic E-state index is 0.596. The number of benzene rings is 1. The second-order valence-electron chi connectivity index (χ2n) is 3.30. The molecule has 0 fully saturated rings. The number of aliphatic hydroxyl groups is 1. The highest BCUT2D eigenvalue weighted by atomic mass is 35.5. The summed E-state index contributed by atoms with van der Waals surface area (Å²) in [6, 6.07) is 9.03. The van der Waals surface area contributed by atoms with E-state index in [0.29, 0.717) is 10.8 Å². The van der Waals surface area contributed by atoms with Gasteiger partial charge in [-0.25, -0.2) is 0 Å². The summed E-state index contributed by atoms with van der Waals surface area (Å²) in [5.74, 6) is 0.605. The van der Waals surface area contributed by atoms with Crippen molar-refractivity contribution in [1.29, 1.82) is 0 Å². The SMILES string of the molecule is COc1cc(Cl)ccc1C(O)c1cccs1. The molecule has 0 radical (unpaired) electrons. The van der Waals surface area contributed by atoms with Crippen molar-refractivity contribution < 1.29 is 9.84 Å². The second kappa shape index (κ2) is 4.87. The van der Waals surface area contributed by atoms with Crippen molar-refractivity contribution in [3.05, 3.63) is 51.2 Å². The topological polar surface area (TPSA) is 29.5 Å². The van der Waals surface area contributed by atoms with Crippen molar-refractivity contribution in [2.24, 2.45) is 0 Å². The summed E-state index contributed by atoms with van der Waals surface area (Å²) >= 11 is 7.38. The van der Waals surface area contributed by atoms with Crippen LogP contribution in [-0.4, -0.2) is 12.2 Å². The Kier molecular flexibility index (Phi) is 3.49. The summed E-state index contributed by atoms with van der Waals surface area (Å²) in [5, 5.41) is 12.7. The molecule has 2 aromatic rings. The van der Waals surface area contributed by atoms with Gasteiger partial charge in [0, 0.05) is 15.5 Å². The Labute approximate surface area is 103 Å². The molecular weight excluding hydrogens is 244 g/mol. The van der Waals surface area contributed by atoms with Gasteiger partial charge in [0.15, 0.2) is 0 Å². The fourth-order valence-corrected chi connectivity index (χ4v) is 2.40. The molecule has 0 aliphatic heterocycles. The molecule has 0 saturated heterocycles. The monoisotopic (exact) mass is 254 g/mol. The van der Waals surface area contributed by atoms with Crippen LogP contribution in [0.1, 0.15) is 16.5 Å². The molecule has 1 atom stereocenters. The van der Waals surface area contributed by atoms with Gasteiger partial charge < -0.3 is 9.84 Å². The van der Waals surface area contributed by atoms with Crippen LogP contribution in [0.3, 0.4) is 0 Å². The van der Waals surface area contributed by atoms with E-state index in [-0.39, 0.29) is 0 Å². The lowest BCUT2D eigenvalue weighted by Crippen LogP contribution is -2.00. The van der Waals surface area contributed by atoms with Crippen LogP contribution in [0.2, 0.25) is 5.02 Å². The molecular formula is C12H11ClO2S. The predicted molar refractivity (Wildman–Crippen MR) is 66.4 cm³/mol. The molecule has 1 N–H and O–H groups in total. The normalized spacial score (nSPS) is 12.4. The largest absolute Gasteiger partial charge is 0.496 e. The fourth-order valence-electron chi connectivity index (χ4n) is 1.51. The van der Waals surface area contributed by atoms with E-state index >= 15 is 0 Å². The van der Waals surface area contributed by atoms with E-state index in [1.165, 1.54) is 11.3 Å². The zero-order chi connectivity index (χ0) is 11.5. The van der Waals surface area contributed by atoms with Crippen molar-refractivity contribution in [3.63, 3.8) is 0 Å². The van der Waals surface area contributed by atoms with E-state index in [0.717, 1.165) is 10.4 Å². The highest BCUT2D eigenvalue weighted by Crippen LogP contribution is 2.33. The zero-order valence-electron chi connectivity index (χ0n) is 8.68. The first-order chi connectivity index (χ1) is 7.72. The van der Waals surface area contributed by atoms with Crippen LogP contribution >= 0.6 is 22.9 Å². The first-order valence-electron chi connectivity index (χ1n) is 4.77. The summed E-state index contributed by atoms with van der Waals surface area (Å²) in [4.78, 5) is 0.889. The molecule has 0 spiro atoms. The van der Waals surface area contributed by atoms with Crippen molar-refractivity contribution >= 4 is 22.9 Å². The number of hydrogen-bond acceptors (Lipinski definition) is 3. The lowest BCUT2D eigenvalue weighted by molar-refractivity contribution is 0.218. The number of thiophene rings is 1. The van der Waals surface area contributed by atoms with Crippen molar-refractivity contribution in [3.8, 4) is 5.75 Å². The number of methoxy groups -OCH3 is 1. The van der Waals surface area contributed by atoms with Gasteiger partial charge in [-0.2, -0.15) is 0 Å². The number of ether oxygens (including phenoxy) is 1. The molecule has 2 nitrogen and oxygen atoms in total. The van der Waals surface area contributed by atoms with Crippen LogP contribution in [0.4, 0.5) is 0 Å². The van der Waals surface area contributed by atoms with E-state index in [9.17, 15) is 5.11 Å². The zero-order valence-corrected chi connectivity index (χ0v) is 10.3. The smallest absolute Gasteiger partial charge is 0.126 e. The van der Waals surface area contributed by atoms with Crippen LogP contribution in [0.15, 0.2) is 35.7 Å². The Morgan fingerprint density at radius 1 is 1.38 bits per heavy atom. The maximum atomic E-state index is 10.2. The molecule has 0 amide bonds. The third-order valence-corrected chi connectivity index (χ3v) is 3.46. The third-order valence-electron chi connectivity index (χ3n) is 2.30. The molecule has 1 aromatic carbocycles. The number of halogens is 1. The Bertz CT molecular complexity index is 468. The van der Waals surface area contributed by atoms with E-state index in [1.54, 1.807) is 25.3 Å². The maximum Gasteiger partial charge on any atom is 0.126 e. The number of aliphatic hydroxyl groups excluding tert-OH is 1. The van der Waals surface area contributed by atoms with Gasteiger partial charge in [0.1, 0.15) is 11.9 Å². The molecule has 0 bridgehead atoms. The fraction of sp³-hybridized carbons (Fsp3) is 0.167. The Morgan fingerprint density at radius 3 is 2.81 bits per heavy atom. The summed E-state index contributed by atoms with van der Waals surface area (Å²) in [6.45, 7) is 0. The molecule has 1 heterocycles. The van der Waals surface area contributed by atoms with E-state index < -0.39 is 6.10 Å². The minimum Gasteiger partial charge on any atom is -0.496 e. The van der Waals surface area contributed by atoms with E-state index in [1.807, 2.05) is 17.5 Å². The quantitative estimate of drug-likeness (QED) is 0.909. The molecule has 1 aromatic heterocycles. The summed E-state index contributed by atoms with van der Waals surface area (Å²) in [6.07, 6.45) is -0.660. The molecule has 16 heavy (non-hydrogen) atoms. The Balaban J connectivity index is 2.40. The van der Waals surface area contributed by atoms with Crippen LogP contribution in [0, 0.1) is 0 Å². The van der Waals surface area contributed by atoms with Gasteiger partial charge in [-0.05, 0) is 23.6 Å². The van der Waals surface area contributed by atoms with Crippen molar-refractivity contribution in [2.75, 3.05) is 7.11 Å². The Hall–Kier alpha value is -1.03.